The van der Waals surface area contributed by atoms with Crippen molar-refractivity contribution in [3.8, 4) is 0 Å². The minimum absolute atomic E-state index is 0.270. The third kappa shape index (κ3) is 1.45. The van der Waals surface area contributed by atoms with Crippen molar-refractivity contribution in [3.05, 3.63) is 52.5 Å². The van der Waals surface area contributed by atoms with Gasteiger partial charge in [-0.15, -0.1) is 0 Å². The number of hydrogen-bond donors (Lipinski definition) is 0. The van der Waals surface area contributed by atoms with Gasteiger partial charge in [0.1, 0.15) is 0 Å². The Morgan fingerprint density at radius 1 is 1.20 bits per heavy atom. The van der Waals surface area contributed by atoms with E-state index in [0.717, 1.165) is 11.3 Å². The molecular formula is C13H10OS. The Hall–Kier alpha value is -1.28. The Balaban J connectivity index is 2.08. The maximum absolute atomic E-state index is 11.7. The number of ketones is 1. The maximum atomic E-state index is 11.7. The fourth-order valence-electron chi connectivity index (χ4n) is 1.98. The van der Waals surface area contributed by atoms with Gasteiger partial charge < -0.3 is 0 Å². The number of benzene rings is 1. The van der Waals surface area contributed by atoms with Gasteiger partial charge in [0.25, 0.3) is 0 Å². The Bertz CT molecular complexity index is 497. The summed E-state index contributed by atoms with van der Waals surface area (Å²) in [7, 11) is 0. The summed E-state index contributed by atoms with van der Waals surface area (Å²) in [6.07, 6.45) is 5.53. The molecule has 0 fully saturated rings. The Labute approximate surface area is 92.9 Å². The van der Waals surface area contributed by atoms with Crippen LogP contribution in [0.15, 0.2) is 51.8 Å². The lowest BCUT2D eigenvalue weighted by Gasteiger charge is -2.21. The van der Waals surface area contributed by atoms with Gasteiger partial charge in [-0.3, -0.25) is 4.79 Å². The zero-order valence-electron chi connectivity index (χ0n) is 8.19. The molecule has 0 unspecified atom stereocenters. The van der Waals surface area contributed by atoms with Crippen LogP contribution in [0.2, 0.25) is 0 Å². The second kappa shape index (κ2) is 3.38. The van der Waals surface area contributed by atoms with Crippen molar-refractivity contribution in [1.82, 2.24) is 0 Å². The molecular weight excluding hydrogens is 204 g/mol. The highest BCUT2D eigenvalue weighted by molar-refractivity contribution is 8.04. The first-order chi connectivity index (χ1) is 7.34. The van der Waals surface area contributed by atoms with Crippen LogP contribution < -0.4 is 0 Å². The summed E-state index contributed by atoms with van der Waals surface area (Å²) in [4.78, 5) is 13.9. The SMILES string of the molecule is O=C1CC=CC2=C1Sc1ccccc1C2. The van der Waals surface area contributed by atoms with E-state index in [2.05, 4.69) is 24.3 Å². The zero-order valence-corrected chi connectivity index (χ0v) is 9.01. The summed E-state index contributed by atoms with van der Waals surface area (Å²) in [5.74, 6) is 0.270. The second-order valence-electron chi connectivity index (χ2n) is 3.77. The van der Waals surface area contributed by atoms with Gasteiger partial charge in [-0.05, 0) is 23.6 Å². The molecule has 0 N–H and O–H groups in total. The molecule has 0 atom stereocenters. The van der Waals surface area contributed by atoms with Crippen LogP contribution >= 0.6 is 11.8 Å². The number of hydrogen-bond acceptors (Lipinski definition) is 2. The minimum atomic E-state index is 0.270. The predicted octanol–water partition coefficient (Wildman–Crippen LogP) is 3.12. The molecule has 2 aliphatic rings. The molecule has 0 saturated carbocycles. The topological polar surface area (TPSA) is 17.1 Å². The van der Waals surface area contributed by atoms with E-state index in [1.165, 1.54) is 16.0 Å². The van der Waals surface area contributed by atoms with Crippen LogP contribution in [0, 0.1) is 0 Å². The first-order valence-corrected chi connectivity index (χ1v) is 5.85. The second-order valence-corrected chi connectivity index (χ2v) is 4.82. The quantitative estimate of drug-likeness (QED) is 0.660. The first-order valence-electron chi connectivity index (χ1n) is 5.03. The smallest absolute Gasteiger partial charge is 0.173 e. The number of carbonyl (C=O) groups is 1. The van der Waals surface area contributed by atoms with Crippen molar-refractivity contribution in [1.29, 1.82) is 0 Å². The molecule has 0 saturated heterocycles. The van der Waals surface area contributed by atoms with Crippen LogP contribution in [-0.4, -0.2) is 5.78 Å². The van der Waals surface area contributed by atoms with Gasteiger partial charge in [0, 0.05) is 11.3 Å². The van der Waals surface area contributed by atoms with E-state index < -0.39 is 0 Å². The molecule has 1 heterocycles. The third-order valence-electron chi connectivity index (χ3n) is 2.73. The summed E-state index contributed by atoms with van der Waals surface area (Å²) in [5, 5.41) is 0. The highest BCUT2D eigenvalue weighted by atomic mass is 32.2. The van der Waals surface area contributed by atoms with Crippen LogP contribution in [0.5, 0.6) is 0 Å². The molecule has 1 aliphatic heterocycles. The molecule has 0 bridgehead atoms. The molecule has 0 amide bonds. The molecule has 1 aromatic carbocycles. The number of rotatable bonds is 0. The van der Waals surface area contributed by atoms with E-state index in [1.54, 1.807) is 11.8 Å². The first kappa shape index (κ1) is 8.98. The predicted molar refractivity (Wildman–Crippen MR) is 61.8 cm³/mol. The lowest BCUT2D eigenvalue weighted by Crippen LogP contribution is -2.10. The molecule has 15 heavy (non-hydrogen) atoms. The van der Waals surface area contributed by atoms with Gasteiger partial charge in [-0.25, -0.2) is 0 Å². The van der Waals surface area contributed by atoms with Crippen LogP contribution in [0.4, 0.5) is 0 Å². The van der Waals surface area contributed by atoms with Crippen molar-refractivity contribution in [2.75, 3.05) is 0 Å². The minimum Gasteiger partial charge on any atom is -0.293 e. The van der Waals surface area contributed by atoms with E-state index in [-0.39, 0.29) is 5.78 Å². The molecule has 1 aliphatic carbocycles. The normalized spacial score (nSPS) is 18.8. The third-order valence-corrected chi connectivity index (χ3v) is 4.04. The monoisotopic (exact) mass is 214 g/mol. The molecule has 0 aromatic heterocycles. The van der Waals surface area contributed by atoms with E-state index in [1.807, 2.05) is 12.1 Å². The Kier molecular flexibility index (Phi) is 2.03. The van der Waals surface area contributed by atoms with Crippen molar-refractivity contribution in [2.24, 2.45) is 0 Å². The number of fused-ring (bicyclic) bond motifs is 1. The van der Waals surface area contributed by atoms with Gasteiger partial charge in [0.15, 0.2) is 5.78 Å². The van der Waals surface area contributed by atoms with Gasteiger partial charge in [-0.1, -0.05) is 42.1 Å². The Morgan fingerprint density at radius 3 is 3.00 bits per heavy atom. The molecule has 1 nitrogen and oxygen atoms in total. The number of carbonyl (C=O) groups excluding carboxylic acids is 1. The van der Waals surface area contributed by atoms with Crippen molar-refractivity contribution in [2.45, 2.75) is 17.7 Å². The van der Waals surface area contributed by atoms with E-state index in [0.29, 0.717) is 6.42 Å². The van der Waals surface area contributed by atoms with Crippen LogP contribution in [0.25, 0.3) is 0 Å². The van der Waals surface area contributed by atoms with Gasteiger partial charge in [-0.2, -0.15) is 0 Å². The molecule has 0 spiro atoms. The summed E-state index contributed by atoms with van der Waals surface area (Å²) >= 11 is 1.63. The number of Topliss-reactive ketones (excluding diaryl/α,β-unsaturated/α-hetero) is 1. The summed E-state index contributed by atoms with van der Waals surface area (Å²) in [5.41, 5.74) is 2.52. The molecule has 3 rings (SSSR count). The fraction of sp³-hybridized carbons (Fsp3) is 0.154. The average molecular weight is 214 g/mol. The van der Waals surface area contributed by atoms with Crippen molar-refractivity contribution in [3.63, 3.8) is 0 Å². The fourth-order valence-corrected chi connectivity index (χ4v) is 3.09. The molecule has 1 aromatic rings. The van der Waals surface area contributed by atoms with Crippen molar-refractivity contribution >= 4 is 17.5 Å². The molecule has 74 valence electrons. The summed E-state index contributed by atoms with van der Waals surface area (Å²) < 4.78 is 0. The lowest BCUT2D eigenvalue weighted by atomic mass is 9.98. The zero-order chi connectivity index (χ0) is 10.3. The van der Waals surface area contributed by atoms with E-state index in [9.17, 15) is 4.79 Å². The molecule has 2 heteroatoms. The van der Waals surface area contributed by atoms with E-state index >= 15 is 0 Å². The number of thioether (sulfide) groups is 1. The van der Waals surface area contributed by atoms with Gasteiger partial charge in [0.2, 0.25) is 0 Å². The highest BCUT2D eigenvalue weighted by Gasteiger charge is 2.23. The average Bonchev–Trinajstić information content (AvgIpc) is 2.27. The van der Waals surface area contributed by atoms with E-state index in [4.69, 9.17) is 0 Å². The maximum Gasteiger partial charge on any atom is 0.173 e. The van der Waals surface area contributed by atoms with Gasteiger partial charge >= 0.3 is 0 Å². The summed E-state index contributed by atoms with van der Waals surface area (Å²) in [6, 6.07) is 8.31. The number of allylic oxidation sites excluding steroid dienone is 4. The largest absolute Gasteiger partial charge is 0.293 e. The summed E-state index contributed by atoms with van der Waals surface area (Å²) in [6.45, 7) is 0. The standard InChI is InChI=1S/C13H10OS/c14-11-6-3-5-10-8-9-4-1-2-7-12(9)15-13(10)11/h1-5,7H,6,8H2. The van der Waals surface area contributed by atoms with Crippen LogP contribution in [0.1, 0.15) is 12.0 Å². The van der Waals surface area contributed by atoms with Crippen molar-refractivity contribution < 1.29 is 4.79 Å². The van der Waals surface area contributed by atoms with Gasteiger partial charge in [0.05, 0.1) is 4.91 Å². The Morgan fingerprint density at radius 2 is 2.07 bits per heavy atom. The van der Waals surface area contributed by atoms with Crippen LogP contribution in [-0.2, 0) is 11.2 Å². The molecule has 0 radical (unpaired) electrons. The van der Waals surface area contributed by atoms with Crippen LogP contribution in [0.3, 0.4) is 0 Å². The highest BCUT2D eigenvalue weighted by Crippen LogP contribution is 2.40. The lowest BCUT2D eigenvalue weighted by molar-refractivity contribution is -0.114.